The first-order chi connectivity index (χ1) is 11.6. The van der Waals surface area contributed by atoms with Crippen LogP contribution >= 0.6 is 11.6 Å². The lowest BCUT2D eigenvalue weighted by molar-refractivity contribution is -0.138. The van der Waals surface area contributed by atoms with Gasteiger partial charge in [-0.1, -0.05) is 54.6 Å². The van der Waals surface area contributed by atoms with Crippen molar-refractivity contribution in [1.82, 2.24) is 5.32 Å². The maximum absolute atomic E-state index is 12.3. The molecule has 0 spiro atoms. The number of amides is 1. The highest BCUT2D eigenvalue weighted by molar-refractivity contribution is 6.30. The van der Waals surface area contributed by atoms with Gasteiger partial charge in [0.05, 0.1) is 0 Å². The lowest BCUT2D eigenvalue weighted by Crippen LogP contribution is -2.28. The maximum atomic E-state index is 12.3. The smallest absolute Gasteiger partial charge is 0.355 e. The van der Waals surface area contributed by atoms with Crippen molar-refractivity contribution in [2.45, 2.75) is 0 Å². The second-order valence-corrected chi connectivity index (χ2v) is 5.25. The highest BCUT2D eigenvalue weighted by Gasteiger charge is 2.15. The van der Waals surface area contributed by atoms with Gasteiger partial charge >= 0.3 is 5.97 Å². The second kappa shape index (κ2) is 8.70. The molecule has 0 heterocycles. The van der Waals surface area contributed by atoms with Crippen LogP contribution in [0.3, 0.4) is 0 Å². The first kappa shape index (κ1) is 17.5. The number of nitrogens with one attached hydrogen (secondary N) is 1. The van der Waals surface area contributed by atoms with Gasteiger partial charge in [0, 0.05) is 10.6 Å². The van der Waals surface area contributed by atoms with Crippen molar-refractivity contribution in [2.75, 3.05) is 6.61 Å². The van der Waals surface area contributed by atoms with E-state index in [0.29, 0.717) is 16.1 Å². The number of hydrogen-bond donors (Lipinski definition) is 1. The van der Waals surface area contributed by atoms with E-state index in [0.717, 1.165) is 0 Å². The molecule has 0 fully saturated rings. The average molecular weight is 342 g/mol. The molecule has 0 aliphatic heterocycles. The summed E-state index contributed by atoms with van der Waals surface area (Å²) in [6.45, 7) is 3.55. The fraction of sp³-hybridized carbons (Fsp3) is 0.0526. The minimum Gasteiger partial charge on any atom is -0.457 e. The van der Waals surface area contributed by atoms with E-state index in [-0.39, 0.29) is 12.3 Å². The molecule has 0 bridgehead atoms. The standard InChI is InChI=1S/C19H16ClNO3/c1-2-12-24-19(23)17(13-14-8-10-16(20)11-9-14)21-18(22)15-6-4-3-5-7-15/h2-11,13H,1,12H2,(H,21,22). The van der Waals surface area contributed by atoms with Crippen LogP contribution < -0.4 is 5.32 Å². The Labute approximate surface area is 145 Å². The van der Waals surface area contributed by atoms with Crippen LogP contribution in [0.2, 0.25) is 5.02 Å². The van der Waals surface area contributed by atoms with Crippen molar-refractivity contribution in [1.29, 1.82) is 0 Å². The van der Waals surface area contributed by atoms with E-state index in [4.69, 9.17) is 16.3 Å². The number of carbonyl (C=O) groups excluding carboxylic acids is 2. The fourth-order valence-corrected chi connectivity index (χ4v) is 1.99. The zero-order valence-corrected chi connectivity index (χ0v) is 13.6. The SMILES string of the molecule is C=CCOC(=O)C(=Cc1ccc(Cl)cc1)NC(=O)c1ccccc1. The Balaban J connectivity index is 2.25. The van der Waals surface area contributed by atoms with Gasteiger partial charge in [-0.15, -0.1) is 0 Å². The van der Waals surface area contributed by atoms with Gasteiger partial charge in [-0.2, -0.15) is 0 Å². The molecule has 1 N–H and O–H groups in total. The monoisotopic (exact) mass is 341 g/mol. The third kappa shape index (κ3) is 5.11. The van der Waals surface area contributed by atoms with E-state index in [1.165, 1.54) is 12.2 Å². The highest BCUT2D eigenvalue weighted by Crippen LogP contribution is 2.13. The Bertz CT molecular complexity index is 752. The number of esters is 1. The highest BCUT2D eigenvalue weighted by atomic mass is 35.5. The molecule has 1 amide bonds. The summed E-state index contributed by atoms with van der Waals surface area (Å²) in [7, 11) is 0. The largest absolute Gasteiger partial charge is 0.457 e. The minimum atomic E-state index is -0.644. The van der Waals surface area contributed by atoms with Gasteiger partial charge in [0.1, 0.15) is 12.3 Å². The lowest BCUT2D eigenvalue weighted by atomic mass is 10.1. The molecule has 0 aliphatic carbocycles. The van der Waals surface area contributed by atoms with E-state index in [1.54, 1.807) is 54.6 Å². The van der Waals surface area contributed by atoms with Crippen molar-refractivity contribution < 1.29 is 14.3 Å². The summed E-state index contributed by atoms with van der Waals surface area (Å²) >= 11 is 5.85. The average Bonchev–Trinajstić information content (AvgIpc) is 2.61. The lowest BCUT2D eigenvalue weighted by Gasteiger charge is -2.09. The topological polar surface area (TPSA) is 55.4 Å². The molecular weight excluding hydrogens is 326 g/mol. The normalized spacial score (nSPS) is 10.8. The van der Waals surface area contributed by atoms with E-state index >= 15 is 0 Å². The first-order valence-corrected chi connectivity index (χ1v) is 7.59. The number of carbonyl (C=O) groups is 2. The first-order valence-electron chi connectivity index (χ1n) is 7.22. The number of halogens is 1. The molecule has 2 aromatic rings. The quantitative estimate of drug-likeness (QED) is 0.493. The van der Waals surface area contributed by atoms with Gasteiger partial charge in [-0.3, -0.25) is 4.79 Å². The fourth-order valence-electron chi connectivity index (χ4n) is 1.87. The molecule has 5 heteroatoms. The number of rotatable bonds is 6. The van der Waals surface area contributed by atoms with E-state index in [1.807, 2.05) is 0 Å². The van der Waals surface area contributed by atoms with Gasteiger partial charge in [0.25, 0.3) is 5.91 Å². The maximum Gasteiger partial charge on any atom is 0.355 e. The summed E-state index contributed by atoms with van der Waals surface area (Å²) in [5.41, 5.74) is 1.18. The molecule has 2 rings (SSSR count). The van der Waals surface area contributed by atoms with Crippen LogP contribution in [-0.2, 0) is 9.53 Å². The van der Waals surface area contributed by atoms with Gasteiger partial charge in [0.15, 0.2) is 0 Å². The van der Waals surface area contributed by atoms with E-state index < -0.39 is 11.9 Å². The Morgan fingerprint density at radius 2 is 1.75 bits per heavy atom. The summed E-state index contributed by atoms with van der Waals surface area (Å²) in [4.78, 5) is 24.4. The van der Waals surface area contributed by atoms with Crippen molar-refractivity contribution >= 4 is 29.6 Å². The van der Waals surface area contributed by atoms with Crippen LogP contribution in [0.15, 0.2) is 72.9 Å². The molecular formula is C19H16ClNO3. The van der Waals surface area contributed by atoms with Crippen LogP contribution in [0.5, 0.6) is 0 Å². The zero-order valence-electron chi connectivity index (χ0n) is 12.9. The van der Waals surface area contributed by atoms with Crippen molar-refractivity contribution in [2.24, 2.45) is 0 Å². The predicted molar refractivity (Wildman–Crippen MR) is 94.5 cm³/mol. The van der Waals surface area contributed by atoms with E-state index in [9.17, 15) is 9.59 Å². The molecule has 0 aliphatic rings. The molecule has 122 valence electrons. The molecule has 0 unspecified atom stereocenters. The third-order valence-electron chi connectivity index (χ3n) is 3.02. The Morgan fingerprint density at radius 1 is 1.08 bits per heavy atom. The summed E-state index contributed by atoms with van der Waals surface area (Å²) in [6.07, 6.45) is 2.99. The van der Waals surface area contributed by atoms with E-state index in [2.05, 4.69) is 11.9 Å². The third-order valence-corrected chi connectivity index (χ3v) is 3.27. The molecule has 0 saturated carbocycles. The van der Waals surface area contributed by atoms with Crippen molar-refractivity contribution in [3.63, 3.8) is 0 Å². The van der Waals surface area contributed by atoms with Crippen LogP contribution in [0.4, 0.5) is 0 Å². The Hall–Kier alpha value is -2.85. The van der Waals surface area contributed by atoms with Crippen molar-refractivity contribution in [3.05, 3.63) is 89.1 Å². The van der Waals surface area contributed by atoms with Crippen LogP contribution in [0, 0.1) is 0 Å². The molecule has 0 saturated heterocycles. The van der Waals surface area contributed by atoms with Gasteiger partial charge in [-0.25, -0.2) is 4.79 Å². The van der Waals surface area contributed by atoms with Crippen LogP contribution in [0.25, 0.3) is 6.08 Å². The molecule has 0 aromatic heterocycles. The Morgan fingerprint density at radius 3 is 2.38 bits per heavy atom. The zero-order chi connectivity index (χ0) is 17.4. The van der Waals surface area contributed by atoms with Gasteiger partial charge < -0.3 is 10.1 Å². The summed E-state index contributed by atoms with van der Waals surface area (Å²) in [6, 6.07) is 15.5. The minimum absolute atomic E-state index is 0.0352. The molecule has 4 nitrogen and oxygen atoms in total. The summed E-state index contributed by atoms with van der Waals surface area (Å²) < 4.78 is 5.02. The molecule has 24 heavy (non-hydrogen) atoms. The number of hydrogen-bond acceptors (Lipinski definition) is 3. The molecule has 0 radical (unpaired) electrons. The van der Waals surface area contributed by atoms with Gasteiger partial charge in [0.2, 0.25) is 0 Å². The van der Waals surface area contributed by atoms with Crippen LogP contribution in [-0.4, -0.2) is 18.5 Å². The molecule has 2 aromatic carbocycles. The number of ether oxygens (including phenoxy) is 1. The predicted octanol–water partition coefficient (Wildman–Crippen LogP) is 3.84. The van der Waals surface area contributed by atoms with Crippen molar-refractivity contribution in [3.8, 4) is 0 Å². The molecule has 0 atom stereocenters. The second-order valence-electron chi connectivity index (χ2n) is 4.82. The summed E-state index contributed by atoms with van der Waals surface area (Å²) in [5.74, 6) is -1.04. The van der Waals surface area contributed by atoms with Crippen LogP contribution in [0.1, 0.15) is 15.9 Å². The Kier molecular flexibility index (Phi) is 6.34. The summed E-state index contributed by atoms with van der Waals surface area (Å²) in [5, 5.41) is 3.17. The van der Waals surface area contributed by atoms with Gasteiger partial charge in [-0.05, 0) is 35.9 Å². The number of benzene rings is 2.